The maximum atomic E-state index is 8.33. The van der Waals surface area contributed by atoms with Gasteiger partial charge in [-0.15, -0.1) is 0 Å². The van der Waals surface area contributed by atoms with Gasteiger partial charge >= 0.3 is 34.7 Å². The first kappa shape index (κ1) is 29.3. The summed E-state index contributed by atoms with van der Waals surface area (Å²) in [6, 6.07) is 0. The van der Waals surface area contributed by atoms with Crippen molar-refractivity contribution in [3.05, 3.63) is 7.43 Å². The van der Waals surface area contributed by atoms with E-state index in [4.69, 9.17) is 45.0 Å². The summed E-state index contributed by atoms with van der Waals surface area (Å²) >= 11 is 0. The average molecular weight is 399 g/mol. The quantitative estimate of drug-likeness (QED) is 0.356. The van der Waals surface area contributed by atoms with Crippen molar-refractivity contribution in [2.45, 2.75) is 0 Å². The number of carbonyl (C=O) groups excluding carboxylic acids is 3. The summed E-state index contributed by atoms with van der Waals surface area (Å²) in [5.41, 5.74) is 0. The first-order valence-corrected chi connectivity index (χ1v) is 1.84. The van der Waals surface area contributed by atoms with Crippen molar-refractivity contribution in [1.29, 1.82) is 0 Å². The Bertz CT molecular complexity index is 114. The number of carbonyl (C=O) groups is 3. The Morgan fingerprint density at radius 3 is 0.571 bits per heavy atom. The third-order valence-electron chi connectivity index (χ3n) is 0. The minimum absolute atomic E-state index is 0. The molecule has 2 radical (unpaired) electrons. The van der Waals surface area contributed by atoms with Crippen LogP contribution in [0.15, 0.2) is 0 Å². The van der Waals surface area contributed by atoms with Gasteiger partial charge in [0.05, 0.1) is 0 Å². The molecule has 0 aromatic heterocycles. The monoisotopic (exact) mass is 400 g/mol. The molecule has 0 saturated heterocycles. The molecule has 0 heterocycles. The topological polar surface area (TPSA) is 190 Å². The molecule has 0 aliphatic carbocycles. The molecule has 0 N–H and O–H groups in total. The Labute approximate surface area is 98.4 Å². The average Bonchev–Trinajstić information content (AvgIpc) is 1.54. The molecule has 74 valence electrons. The molecule has 0 bridgehead atoms. The third-order valence-corrected chi connectivity index (χ3v) is 0. The summed E-state index contributed by atoms with van der Waals surface area (Å²) < 4.78 is 0. The zero-order valence-corrected chi connectivity index (χ0v) is 10.1. The van der Waals surface area contributed by atoms with Gasteiger partial charge in [-0.25, -0.2) is 0 Å². The molecular formula is C4O9Pb. The van der Waals surface area contributed by atoms with E-state index in [0.29, 0.717) is 0 Å². The van der Waals surface area contributed by atoms with Crippen LogP contribution >= 0.6 is 0 Å². The molecule has 0 aromatic rings. The number of hydrogen-bond donors (Lipinski definition) is 0. The van der Waals surface area contributed by atoms with Crippen LogP contribution in [-0.2, 0) is 0 Å². The van der Waals surface area contributed by atoms with Gasteiger partial charge in [0.15, 0.2) is 0 Å². The maximum Gasteiger partial charge on any atom is 4.00 e. The van der Waals surface area contributed by atoms with Crippen molar-refractivity contribution in [1.82, 2.24) is 0 Å². The fraction of sp³-hybridized carbons (Fsp3) is 0. The molecule has 0 saturated carbocycles. The Morgan fingerprint density at radius 2 is 0.571 bits per heavy atom. The fourth-order valence-electron chi connectivity index (χ4n) is 0. The predicted molar refractivity (Wildman–Crippen MR) is 25.2 cm³/mol. The fourth-order valence-corrected chi connectivity index (χ4v) is 0. The summed E-state index contributed by atoms with van der Waals surface area (Å²) in [6.07, 6.45) is -7.00. The molecule has 0 fully saturated rings. The van der Waals surface area contributed by atoms with Crippen LogP contribution in [0.2, 0.25) is 0 Å². The van der Waals surface area contributed by atoms with Gasteiger partial charge in [0, 0.05) is 0 Å². The zero-order chi connectivity index (χ0) is 10.7. The van der Waals surface area contributed by atoms with Crippen molar-refractivity contribution >= 4 is 45.8 Å². The summed E-state index contributed by atoms with van der Waals surface area (Å²) in [5.74, 6) is 0. The van der Waals surface area contributed by atoms with E-state index in [1.807, 2.05) is 0 Å². The van der Waals surface area contributed by atoms with E-state index in [0.717, 1.165) is 0 Å². The van der Waals surface area contributed by atoms with E-state index in [1.165, 1.54) is 0 Å². The van der Waals surface area contributed by atoms with Gasteiger partial charge in [-0.3, -0.25) is 0 Å². The molecule has 0 rings (SSSR count). The van der Waals surface area contributed by atoms with Crippen LogP contribution in [0, 0.1) is 7.43 Å². The zero-order valence-electron chi connectivity index (χ0n) is 6.17. The standard InChI is InChI=1S/3CH2O3.C.Pb/c3*2-1(3)4;;/h3*(H2,2,3,4);;/q;;;+4;+2/p-6. The largest absolute Gasteiger partial charge is 4.00 e. The minimum atomic E-state index is -2.33. The Kier molecular flexibility index (Phi) is 47.3. The van der Waals surface area contributed by atoms with Crippen LogP contribution in [0.25, 0.3) is 0 Å². The summed E-state index contributed by atoms with van der Waals surface area (Å²) in [6.45, 7) is 0. The summed E-state index contributed by atoms with van der Waals surface area (Å²) in [4.78, 5) is 25.0. The van der Waals surface area contributed by atoms with Gasteiger partial charge in [-0.2, -0.15) is 0 Å². The van der Waals surface area contributed by atoms with E-state index in [-0.39, 0.29) is 34.7 Å². The molecular weight excluding hydrogens is 399 g/mol. The van der Waals surface area contributed by atoms with E-state index in [1.54, 1.807) is 0 Å². The SMILES string of the molecule is O=C([O-])[O-].O=C([O-])[O-].O=C([O-])[O-].[C+4].[Pb+2]. The van der Waals surface area contributed by atoms with Gasteiger partial charge in [0.2, 0.25) is 0 Å². The van der Waals surface area contributed by atoms with Crippen molar-refractivity contribution < 1.29 is 45.0 Å². The van der Waals surface area contributed by atoms with Gasteiger partial charge in [-0.05, 0) is 18.5 Å². The van der Waals surface area contributed by atoms with Gasteiger partial charge < -0.3 is 45.0 Å². The smallest absolute Gasteiger partial charge is 0.652 e. The number of carboxylic acid groups (broad SMARTS) is 6. The van der Waals surface area contributed by atoms with Crippen LogP contribution in [0.5, 0.6) is 0 Å². The van der Waals surface area contributed by atoms with E-state index in [2.05, 4.69) is 0 Å². The first-order valence-electron chi connectivity index (χ1n) is 1.84. The molecule has 0 unspecified atom stereocenters. The number of hydrogen-bond acceptors (Lipinski definition) is 9. The van der Waals surface area contributed by atoms with Crippen LogP contribution in [0.3, 0.4) is 0 Å². The molecule has 14 heavy (non-hydrogen) atoms. The molecule has 9 nitrogen and oxygen atoms in total. The molecule has 0 aliphatic heterocycles. The van der Waals surface area contributed by atoms with Gasteiger partial charge in [-0.1, -0.05) is 0 Å². The molecule has 0 aromatic carbocycles. The molecule has 0 amide bonds. The van der Waals surface area contributed by atoms with Crippen LogP contribution in [-0.4, -0.2) is 45.8 Å². The Balaban J connectivity index is -0.0000000270. The maximum absolute atomic E-state index is 8.33. The second kappa shape index (κ2) is 22.6. The Morgan fingerprint density at radius 1 is 0.571 bits per heavy atom. The molecule has 0 atom stereocenters. The summed E-state index contributed by atoms with van der Waals surface area (Å²) in [5, 5.41) is 50.0. The van der Waals surface area contributed by atoms with Crippen molar-refractivity contribution in [3.63, 3.8) is 0 Å². The third kappa shape index (κ3) is 632. The molecule has 0 spiro atoms. The van der Waals surface area contributed by atoms with Crippen molar-refractivity contribution in [2.75, 3.05) is 0 Å². The minimum Gasteiger partial charge on any atom is -0.652 e. The van der Waals surface area contributed by atoms with Crippen LogP contribution < -0.4 is 30.6 Å². The van der Waals surface area contributed by atoms with Crippen LogP contribution in [0.1, 0.15) is 0 Å². The second-order valence-electron chi connectivity index (χ2n) is 0.750. The Hall–Kier alpha value is -1.27. The number of rotatable bonds is 0. The van der Waals surface area contributed by atoms with Gasteiger partial charge in [0.25, 0.3) is 0 Å². The van der Waals surface area contributed by atoms with Crippen LogP contribution in [0.4, 0.5) is 14.4 Å². The second-order valence-corrected chi connectivity index (χ2v) is 0.750. The normalized spacial score (nSPS) is 5.14. The van der Waals surface area contributed by atoms with Crippen molar-refractivity contribution in [3.8, 4) is 0 Å². The predicted octanol–water partition coefficient (Wildman–Crippen LogP) is -7.64. The van der Waals surface area contributed by atoms with Crippen molar-refractivity contribution in [2.24, 2.45) is 0 Å². The summed E-state index contributed by atoms with van der Waals surface area (Å²) in [7, 11) is 0. The van der Waals surface area contributed by atoms with E-state index < -0.39 is 18.5 Å². The molecule has 0 aliphatic rings. The van der Waals surface area contributed by atoms with E-state index >= 15 is 0 Å². The first-order chi connectivity index (χ1) is 5.20. The van der Waals surface area contributed by atoms with Gasteiger partial charge in [0.1, 0.15) is 0 Å². The van der Waals surface area contributed by atoms with E-state index in [9.17, 15) is 0 Å². The molecule has 10 heteroatoms.